The highest BCUT2D eigenvalue weighted by molar-refractivity contribution is 5.84. The van der Waals surface area contributed by atoms with Crippen molar-refractivity contribution < 1.29 is 13.5 Å². The zero-order chi connectivity index (χ0) is 13.7. The third-order valence-electron chi connectivity index (χ3n) is 2.44. The number of hydrazone groups is 1. The van der Waals surface area contributed by atoms with E-state index in [2.05, 4.69) is 10.5 Å². The van der Waals surface area contributed by atoms with E-state index in [9.17, 15) is 8.78 Å². The smallest absolute Gasteiger partial charge is 0.138 e. The predicted molar refractivity (Wildman–Crippen MR) is 70.6 cm³/mol. The average molecular weight is 262 g/mol. The van der Waals surface area contributed by atoms with Crippen LogP contribution in [0.25, 0.3) is 0 Å². The van der Waals surface area contributed by atoms with Gasteiger partial charge in [-0.1, -0.05) is 18.2 Å². The number of hydrogen-bond acceptors (Lipinski definition) is 3. The van der Waals surface area contributed by atoms with E-state index in [0.29, 0.717) is 0 Å². The Morgan fingerprint density at radius 3 is 2.58 bits per heavy atom. The van der Waals surface area contributed by atoms with Crippen LogP contribution in [0.15, 0.2) is 47.6 Å². The number of hydrogen-bond donors (Lipinski definition) is 1. The summed E-state index contributed by atoms with van der Waals surface area (Å²) in [5, 5.41) is 3.89. The van der Waals surface area contributed by atoms with E-state index in [4.69, 9.17) is 4.74 Å². The monoisotopic (exact) mass is 262 g/mol. The van der Waals surface area contributed by atoms with Crippen molar-refractivity contribution in [2.45, 2.75) is 0 Å². The summed E-state index contributed by atoms with van der Waals surface area (Å²) in [5.74, 6) is -1.32. The topological polar surface area (TPSA) is 33.6 Å². The lowest BCUT2D eigenvalue weighted by Crippen LogP contribution is -1.98. The van der Waals surface area contributed by atoms with Crippen LogP contribution in [0.3, 0.4) is 0 Å². The van der Waals surface area contributed by atoms with Crippen molar-refractivity contribution in [3.63, 3.8) is 0 Å². The van der Waals surface area contributed by atoms with Gasteiger partial charge in [0.2, 0.25) is 0 Å². The Morgan fingerprint density at radius 2 is 1.89 bits per heavy atom. The van der Waals surface area contributed by atoms with Crippen molar-refractivity contribution >= 4 is 11.9 Å². The van der Waals surface area contributed by atoms with E-state index in [0.717, 1.165) is 17.8 Å². The first-order chi connectivity index (χ1) is 9.20. The molecule has 0 aliphatic carbocycles. The molecule has 5 heteroatoms. The zero-order valence-electron chi connectivity index (χ0n) is 10.2. The zero-order valence-corrected chi connectivity index (χ0v) is 10.2. The molecule has 0 saturated carbocycles. The van der Waals surface area contributed by atoms with Crippen molar-refractivity contribution in [2.24, 2.45) is 5.10 Å². The fraction of sp³-hybridized carbons (Fsp3) is 0.0714. The predicted octanol–water partition coefficient (Wildman–Crippen LogP) is 3.42. The van der Waals surface area contributed by atoms with Crippen molar-refractivity contribution in [1.82, 2.24) is 0 Å². The molecule has 0 bridgehead atoms. The molecule has 2 aromatic rings. The van der Waals surface area contributed by atoms with Gasteiger partial charge in [-0.15, -0.1) is 0 Å². The van der Waals surface area contributed by atoms with E-state index < -0.39 is 11.6 Å². The van der Waals surface area contributed by atoms with Crippen LogP contribution in [-0.2, 0) is 0 Å². The largest absolute Gasteiger partial charge is 0.496 e. The van der Waals surface area contributed by atoms with Crippen LogP contribution in [0.5, 0.6) is 5.75 Å². The third-order valence-corrected chi connectivity index (χ3v) is 2.44. The Morgan fingerprint density at radius 1 is 1.16 bits per heavy atom. The number of nitrogens with zero attached hydrogens (tertiary/aromatic N) is 1. The van der Waals surface area contributed by atoms with Crippen molar-refractivity contribution in [3.05, 3.63) is 59.7 Å². The van der Waals surface area contributed by atoms with Gasteiger partial charge in [-0.2, -0.15) is 5.10 Å². The quantitative estimate of drug-likeness (QED) is 0.676. The molecular weight excluding hydrogens is 250 g/mol. The Kier molecular flexibility index (Phi) is 4.07. The highest BCUT2D eigenvalue weighted by Crippen LogP contribution is 2.21. The van der Waals surface area contributed by atoms with Crippen molar-refractivity contribution in [1.29, 1.82) is 0 Å². The molecule has 0 saturated heterocycles. The molecule has 0 fully saturated rings. The molecule has 0 aromatic heterocycles. The maximum absolute atomic E-state index is 13.6. The van der Waals surface area contributed by atoms with Gasteiger partial charge in [0.1, 0.15) is 17.4 Å². The molecule has 0 spiro atoms. The fourth-order valence-corrected chi connectivity index (χ4v) is 1.54. The summed E-state index contributed by atoms with van der Waals surface area (Å²) in [7, 11) is 1.34. The molecule has 0 atom stereocenters. The highest BCUT2D eigenvalue weighted by Gasteiger charge is 2.09. The molecule has 0 unspecified atom stereocenters. The number of methoxy groups -OCH3 is 1. The molecular formula is C14H12F2N2O. The Balaban J connectivity index is 2.19. The second-order valence-corrected chi connectivity index (χ2v) is 3.74. The van der Waals surface area contributed by atoms with Gasteiger partial charge < -0.3 is 4.74 Å². The maximum Gasteiger partial charge on any atom is 0.138 e. The second kappa shape index (κ2) is 5.95. The first-order valence-electron chi connectivity index (χ1n) is 5.58. The first-order valence-corrected chi connectivity index (χ1v) is 5.58. The molecule has 0 aliphatic heterocycles. The van der Waals surface area contributed by atoms with Crippen LogP contribution in [0.2, 0.25) is 0 Å². The molecule has 19 heavy (non-hydrogen) atoms. The number of nitrogens with one attached hydrogen (secondary N) is 1. The average Bonchev–Trinajstić information content (AvgIpc) is 2.42. The molecule has 2 aromatic carbocycles. The lowest BCUT2D eigenvalue weighted by Gasteiger charge is -2.06. The van der Waals surface area contributed by atoms with Crippen LogP contribution in [0.4, 0.5) is 14.5 Å². The summed E-state index contributed by atoms with van der Waals surface area (Å²) in [6.07, 6.45) is 1.25. The molecule has 0 radical (unpaired) electrons. The number of para-hydroxylation sites is 1. The molecule has 3 nitrogen and oxygen atoms in total. The summed E-state index contributed by atoms with van der Waals surface area (Å²) in [6.45, 7) is 0. The normalized spacial score (nSPS) is 10.7. The first kappa shape index (κ1) is 13.0. The molecule has 0 aliphatic rings. The van der Waals surface area contributed by atoms with Gasteiger partial charge in [0, 0.05) is 12.1 Å². The lowest BCUT2D eigenvalue weighted by molar-refractivity contribution is 0.406. The van der Waals surface area contributed by atoms with Crippen LogP contribution < -0.4 is 10.2 Å². The Hall–Kier alpha value is -2.43. The maximum atomic E-state index is 13.6. The number of halogens is 2. The van der Waals surface area contributed by atoms with Crippen LogP contribution in [0, 0.1) is 11.6 Å². The lowest BCUT2D eigenvalue weighted by atomic mass is 10.2. The van der Waals surface area contributed by atoms with Gasteiger partial charge in [-0.05, 0) is 12.1 Å². The minimum atomic E-state index is -0.726. The number of anilines is 1. The van der Waals surface area contributed by atoms with Crippen molar-refractivity contribution in [3.8, 4) is 5.75 Å². The van der Waals surface area contributed by atoms with E-state index in [1.54, 1.807) is 0 Å². The summed E-state index contributed by atoms with van der Waals surface area (Å²) >= 11 is 0. The third kappa shape index (κ3) is 3.28. The van der Waals surface area contributed by atoms with Crippen LogP contribution >= 0.6 is 0 Å². The van der Waals surface area contributed by atoms with Crippen LogP contribution in [0.1, 0.15) is 5.56 Å². The standard InChI is InChI=1S/C14H12F2N2O/c1-19-14-8-10(15)7-13(16)12(14)9-17-18-11-5-3-2-4-6-11/h2-9,18H,1H3. The van der Waals surface area contributed by atoms with E-state index in [-0.39, 0.29) is 11.3 Å². The number of benzene rings is 2. The minimum Gasteiger partial charge on any atom is -0.496 e. The van der Waals surface area contributed by atoms with Gasteiger partial charge in [-0.3, -0.25) is 5.43 Å². The highest BCUT2D eigenvalue weighted by atomic mass is 19.1. The molecule has 98 valence electrons. The van der Waals surface area contributed by atoms with Gasteiger partial charge in [0.25, 0.3) is 0 Å². The minimum absolute atomic E-state index is 0.0901. The SMILES string of the molecule is COc1cc(F)cc(F)c1C=NNc1ccccc1. The Labute approximate surface area is 109 Å². The van der Waals surface area contributed by atoms with E-state index in [1.165, 1.54) is 13.3 Å². The fourth-order valence-electron chi connectivity index (χ4n) is 1.54. The molecule has 0 heterocycles. The van der Waals surface area contributed by atoms with Gasteiger partial charge >= 0.3 is 0 Å². The van der Waals surface area contributed by atoms with Crippen LogP contribution in [-0.4, -0.2) is 13.3 Å². The van der Waals surface area contributed by atoms with Gasteiger partial charge in [0.15, 0.2) is 0 Å². The van der Waals surface area contributed by atoms with Gasteiger partial charge in [0.05, 0.1) is 24.6 Å². The second-order valence-electron chi connectivity index (χ2n) is 3.74. The molecule has 2 rings (SSSR count). The van der Waals surface area contributed by atoms with Crippen molar-refractivity contribution in [2.75, 3.05) is 12.5 Å². The summed E-state index contributed by atoms with van der Waals surface area (Å²) in [4.78, 5) is 0. The summed E-state index contributed by atoms with van der Waals surface area (Å²) in [5.41, 5.74) is 3.59. The Bertz CT molecular complexity index is 585. The molecule has 1 N–H and O–H groups in total. The molecule has 0 amide bonds. The van der Waals surface area contributed by atoms with Gasteiger partial charge in [-0.25, -0.2) is 8.78 Å². The summed E-state index contributed by atoms with van der Waals surface area (Å²) in [6, 6.07) is 11.1. The number of ether oxygens (including phenoxy) is 1. The van der Waals surface area contributed by atoms with E-state index >= 15 is 0 Å². The van der Waals surface area contributed by atoms with E-state index in [1.807, 2.05) is 30.3 Å². The number of rotatable bonds is 4. The summed E-state index contributed by atoms with van der Waals surface area (Å²) < 4.78 is 31.5.